The van der Waals surface area contributed by atoms with Crippen molar-refractivity contribution in [3.8, 4) is 0 Å². The summed E-state index contributed by atoms with van der Waals surface area (Å²) in [5.41, 5.74) is -5.46. The van der Waals surface area contributed by atoms with Crippen molar-refractivity contribution in [2.24, 2.45) is 0 Å². The van der Waals surface area contributed by atoms with Gasteiger partial charge >= 0.3 is 12.6 Å². The molecule has 92 valence electrons. The van der Waals surface area contributed by atoms with E-state index in [1.807, 2.05) is 0 Å². The number of rotatable bonds is 1. The first kappa shape index (κ1) is 12.4. The molecule has 2 rings (SSSR count). The van der Waals surface area contributed by atoms with E-state index in [0.717, 1.165) is 12.1 Å². The average molecular weight is 266 g/mol. The number of sulfone groups is 1. The zero-order chi connectivity index (χ0) is 12.8. The fraction of sp³-hybridized carbons (Fsp3) is 0.250. The lowest BCUT2D eigenvalue weighted by Gasteiger charge is -2.11. The molecule has 0 unspecified atom stereocenters. The Morgan fingerprint density at radius 1 is 1.35 bits per heavy atom. The fourth-order valence-electron chi connectivity index (χ4n) is 1.60. The van der Waals surface area contributed by atoms with E-state index in [1.54, 1.807) is 0 Å². The van der Waals surface area contributed by atoms with Gasteiger partial charge in [0.2, 0.25) is 0 Å². The van der Waals surface area contributed by atoms with Crippen LogP contribution in [0.25, 0.3) is 0 Å². The summed E-state index contributed by atoms with van der Waals surface area (Å²) in [6.07, 6.45) is 0. The Morgan fingerprint density at radius 2 is 2.00 bits per heavy atom. The first-order valence-electron chi connectivity index (χ1n) is 4.48. The quantitative estimate of drug-likeness (QED) is 0.737. The van der Waals surface area contributed by atoms with Crippen LogP contribution in [0.2, 0.25) is 0 Å². The van der Waals surface area contributed by atoms with Crippen molar-refractivity contribution < 1.29 is 31.3 Å². The lowest BCUT2D eigenvalue weighted by molar-refractivity contribution is -0.0436. The van der Waals surface area contributed by atoms with E-state index in [1.165, 1.54) is 6.07 Å². The van der Waals surface area contributed by atoms with Crippen LogP contribution in [0.1, 0.15) is 5.56 Å². The van der Waals surface area contributed by atoms with Crippen molar-refractivity contribution in [3.05, 3.63) is 23.8 Å². The standard InChI is InChI=1S/C8H6BF3O4S/c10-8(11,12)17(14,15)7-3-1-2-6-5(7)4-16-9(6)13/h1-3,13H,4H2. The molecule has 0 aromatic heterocycles. The highest BCUT2D eigenvalue weighted by Crippen LogP contribution is 2.32. The lowest BCUT2D eigenvalue weighted by atomic mass is 9.80. The molecule has 0 bridgehead atoms. The largest absolute Gasteiger partial charge is 0.501 e. The normalized spacial score (nSPS) is 16.1. The van der Waals surface area contributed by atoms with Gasteiger partial charge in [-0.1, -0.05) is 12.1 Å². The highest BCUT2D eigenvalue weighted by atomic mass is 32.2. The number of fused-ring (bicyclic) bond motifs is 1. The molecule has 1 aliphatic rings. The molecule has 1 heterocycles. The summed E-state index contributed by atoms with van der Waals surface area (Å²) in [7, 11) is -6.80. The van der Waals surface area contributed by atoms with Gasteiger partial charge in [0.25, 0.3) is 9.84 Å². The van der Waals surface area contributed by atoms with Crippen LogP contribution in [0, 0.1) is 0 Å². The van der Waals surface area contributed by atoms with E-state index in [-0.39, 0.29) is 17.6 Å². The maximum absolute atomic E-state index is 12.4. The molecule has 1 aromatic rings. The van der Waals surface area contributed by atoms with E-state index in [9.17, 15) is 26.6 Å². The minimum absolute atomic E-state index is 0.0512. The summed E-state index contributed by atoms with van der Waals surface area (Å²) in [4.78, 5) is -0.862. The van der Waals surface area contributed by atoms with Crippen LogP contribution in [0.15, 0.2) is 23.1 Å². The Morgan fingerprint density at radius 3 is 2.59 bits per heavy atom. The van der Waals surface area contributed by atoms with Gasteiger partial charge in [-0.05, 0) is 17.1 Å². The zero-order valence-electron chi connectivity index (χ0n) is 8.23. The molecular weight excluding hydrogens is 260 g/mol. The van der Waals surface area contributed by atoms with Gasteiger partial charge in [-0.2, -0.15) is 13.2 Å². The van der Waals surface area contributed by atoms with Crippen LogP contribution >= 0.6 is 0 Å². The second-order valence-corrected chi connectivity index (χ2v) is 5.35. The molecule has 0 amide bonds. The van der Waals surface area contributed by atoms with Crippen LogP contribution in [0.5, 0.6) is 0 Å². The number of halogens is 3. The van der Waals surface area contributed by atoms with Crippen molar-refractivity contribution in [2.75, 3.05) is 0 Å². The van der Waals surface area contributed by atoms with Gasteiger partial charge in [0.05, 0.1) is 11.5 Å². The van der Waals surface area contributed by atoms with Crippen molar-refractivity contribution in [3.63, 3.8) is 0 Å². The first-order chi connectivity index (χ1) is 7.75. The molecule has 0 saturated heterocycles. The minimum atomic E-state index is -5.42. The molecule has 0 radical (unpaired) electrons. The maximum Gasteiger partial charge on any atom is 0.501 e. The smallest absolute Gasteiger partial charge is 0.423 e. The summed E-state index contributed by atoms with van der Waals surface area (Å²) in [6.45, 7) is -0.359. The Balaban J connectivity index is 2.64. The number of alkyl halides is 3. The molecular formula is C8H6BF3O4S. The predicted molar refractivity (Wildman–Crippen MR) is 52.1 cm³/mol. The Hall–Kier alpha value is -1.06. The molecule has 1 aliphatic heterocycles. The number of hydrogen-bond acceptors (Lipinski definition) is 4. The molecule has 0 saturated carbocycles. The van der Waals surface area contributed by atoms with E-state index in [4.69, 9.17) is 4.65 Å². The van der Waals surface area contributed by atoms with Gasteiger partial charge in [-0.15, -0.1) is 0 Å². The van der Waals surface area contributed by atoms with Crippen molar-refractivity contribution in [2.45, 2.75) is 17.0 Å². The monoisotopic (exact) mass is 266 g/mol. The van der Waals surface area contributed by atoms with Crippen LogP contribution in [0.3, 0.4) is 0 Å². The summed E-state index contributed by atoms with van der Waals surface area (Å²) in [5, 5.41) is 9.28. The van der Waals surface area contributed by atoms with Crippen LogP contribution in [0.4, 0.5) is 13.2 Å². The van der Waals surface area contributed by atoms with Gasteiger partial charge in [0.15, 0.2) is 0 Å². The van der Waals surface area contributed by atoms with Crippen LogP contribution in [-0.2, 0) is 21.1 Å². The molecule has 1 aromatic carbocycles. The number of benzene rings is 1. The minimum Gasteiger partial charge on any atom is -0.423 e. The van der Waals surface area contributed by atoms with E-state index < -0.39 is 27.4 Å². The van der Waals surface area contributed by atoms with Gasteiger partial charge in [-0.3, -0.25) is 0 Å². The Bertz CT molecular complexity index is 554. The van der Waals surface area contributed by atoms with E-state index in [2.05, 4.69) is 0 Å². The third-order valence-electron chi connectivity index (χ3n) is 2.42. The van der Waals surface area contributed by atoms with Crippen LogP contribution in [-0.4, -0.2) is 26.1 Å². The Labute approximate surface area is 95.1 Å². The second kappa shape index (κ2) is 3.72. The predicted octanol–water partition coefficient (Wildman–Crippen LogP) is 0.198. The van der Waals surface area contributed by atoms with Crippen LogP contribution < -0.4 is 5.46 Å². The average Bonchev–Trinajstić information content (AvgIpc) is 2.59. The van der Waals surface area contributed by atoms with Gasteiger partial charge in [-0.25, -0.2) is 8.42 Å². The second-order valence-electron chi connectivity index (χ2n) is 3.44. The first-order valence-corrected chi connectivity index (χ1v) is 5.96. The maximum atomic E-state index is 12.4. The third-order valence-corrected chi connectivity index (χ3v) is 3.99. The van der Waals surface area contributed by atoms with Crippen molar-refractivity contribution >= 4 is 22.4 Å². The summed E-state index contributed by atoms with van der Waals surface area (Å²) < 4.78 is 64.4. The van der Waals surface area contributed by atoms with E-state index >= 15 is 0 Å². The van der Waals surface area contributed by atoms with Crippen molar-refractivity contribution in [1.29, 1.82) is 0 Å². The molecule has 1 N–H and O–H groups in total. The highest BCUT2D eigenvalue weighted by molar-refractivity contribution is 7.92. The van der Waals surface area contributed by atoms with Gasteiger partial charge < -0.3 is 9.68 Å². The molecule has 4 nitrogen and oxygen atoms in total. The molecule has 0 fully saturated rings. The van der Waals surface area contributed by atoms with Gasteiger partial charge in [0.1, 0.15) is 0 Å². The Kier molecular flexibility index (Phi) is 2.72. The summed E-state index contributed by atoms with van der Waals surface area (Å²) in [6, 6.07) is 3.31. The SMILES string of the molecule is O=S(=O)(c1cccc2c1COB2O)C(F)(F)F. The molecule has 9 heteroatoms. The van der Waals surface area contributed by atoms with E-state index in [0.29, 0.717) is 0 Å². The third kappa shape index (κ3) is 1.83. The number of hydrogen-bond donors (Lipinski definition) is 1. The van der Waals surface area contributed by atoms with Crippen molar-refractivity contribution in [1.82, 2.24) is 0 Å². The highest BCUT2D eigenvalue weighted by Gasteiger charge is 2.49. The van der Waals surface area contributed by atoms with Gasteiger partial charge in [0, 0.05) is 0 Å². The lowest BCUT2D eigenvalue weighted by Crippen LogP contribution is -2.30. The molecule has 0 aliphatic carbocycles. The summed E-state index contributed by atoms with van der Waals surface area (Å²) in [5.74, 6) is 0. The molecule has 0 atom stereocenters. The molecule has 0 spiro atoms. The molecule has 17 heavy (non-hydrogen) atoms. The zero-order valence-corrected chi connectivity index (χ0v) is 9.05. The topological polar surface area (TPSA) is 63.6 Å². The summed E-state index contributed by atoms with van der Waals surface area (Å²) >= 11 is 0. The fourth-order valence-corrected chi connectivity index (χ4v) is 2.61.